The fourth-order valence-electron chi connectivity index (χ4n) is 2.27. The third-order valence-electron chi connectivity index (χ3n) is 3.40. The van der Waals surface area contributed by atoms with Crippen molar-refractivity contribution in [3.63, 3.8) is 0 Å². The van der Waals surface area contributed by atoms with Gasteiger partial charge in [-0.3, -0.25) is 4.79 Å². The van der Waals surface area contributed by atoms with Gasteiger partial charge in [-0.2, -0.15) is 0 Å². The molecule has 0 atom stereocenters. The number of nitrogens with two attached hydrogens (primary N) is 1. The molecule has 0 saturated heterocycles. The number of thiazole rings is 1. The van der Waals surface area contributed by atoms with Gasteiger partial charge >= 0.3 is 0 Å². The minimum atomic E-state index is -0.111. The summed E-state index contributed by atoms with van der Waals surface area (Å²) in [6.07, 6.45) is 1.64. The largest absolute Gasteiger partial charge is 0.350 e. The fourth-order valence-corrected chi connectivity index (χ4v) is 3.07. The maximum Gasteiger partial charge on any atom is 0.270 e. The minimum absolute atomic E-state index is 0. The lowest BCUT2D eigenvalue weighted by Gasteiger charge is -2.25. The molecule has 1 amide bonds. The smallest absolute Gasteiger partial charge is 0.270 e. The molecule has 0 spiro atoms. The number of hydrogen-bond acceptors (Lipinski definition) is 4. The first-order valence-electron chi connectivity index (χ1n) is 7.47. The first kappa shape index (κ1) is 19.6. The molecule has 1 aromatic heterocycles. The molecule has 1 heterocycles. The van der Waals surface area contributed by atoms with E-state index in [1.54, 1.807) is 5.38 Å². The SMILES string of the molecule is CC(C)(CNC(=O)c1csc(CCN)n1)Cc1ccccc1.Cl. The molecule has 6 heteroatoms. The Kier molecular flexibility index (Phi) is 7.68. The summed E-state index contributed by atoms with van der Waals surface area (Å²) in [5, 5.41) is 5.70. The average molecular weight is 354 g/mol. The first-order valence-corrected chi connectivity index (χ1v) is 8.35. The van der Waals surface area contributed by atoms with Crippen LogP contribution in [0.1, 0.15) is 34.9 Å². The molecular formula is C17H24ClN3OS. The van der Waals surface area contributed by atoms with Crippen molar-refractivity contribution in [3.05, 3.63) is 52.0 Å². The quantitative estimate of drug-likeness (QED) is 0.803. The Bertz CT molecular complexity index is 613. The monoisotopic (exact) mass is 353 g/mol. The molecule has 1 aromatic carbocycles. The van der Waals surface area contributed by atoms with Crippen molar-refractivity contribution in [1.29, 1.82) is 0 Å². The number of nitrogens with one attached hydrogen (secondary N) is 1. The van der Waals surface area contributed by atoms with E-state index in [9.17, 15) is 4.79 Å². The van der Waals surface area contributed by atoms with E-state index >= 15 is 0 Å². The van der Waals surface area contributed by atoms with Crippen LogP contribution in [0.25, 0.3) is 0 Å². The summed E-state index contributed by atoms with van der Waals surface area (Å²) in [6.45, 7) is 5.48. The molecule has 126 valence electrons. The Balaban J connectivity index is 0.00000264. The Morgan fingerprint density at radius 2 is 2.00 bits per heavy atom. The summed E-state index contributed by atoms with van der Waals surface area (Å²) in [5.74, 6) is -0.111. The van der Waals surface area contributed by atoms with E-state index in [4.69, 9.17) is 5.73 Å². The predicted molar refractivity (Wildman–Crippen MR) is 98.4 cm³/mol. The number of halogens is 1. The van der Waals surface area contributed by atoms with Gasteiger partial charge < -0.3 is 11.1 Å². The molecule has 3 N–H and O–H groups in total. The van der Waals surface area contributed by atoms with Gasteiger partial charge in [0.2, 0.25) is 0 Å². The third kappa shape index (κ3) is 6.29. The highest BCUT2D eigenvalue weighted by atomic mass is 35.5. The molecule has 0 saturated carbocycles. The van der Waals surface area contributed by atoms with Crippen LogP contribution in [0.3, 0.4) is 0 Å². The zero-order valence-corrected chi connectivity index (χ0v) is 15.2. The van der Waals surface area contributed by atoms with Gasteiger partial charge in [-0.05, 0) is 23.9 Å². The molecule has 2 aromatic rings. The van der Waals surface area contributed by atoms with Crippen LogP contribution >= 0.6 is 23.7 Å². The van der Waals surface area contributed by atoms with Gasteiger partial charge in [-0.1, -0.05) is 44.2 Å². The number of nitrogens with zero attached hydrogens (tertiary/aromatic N) is 1. The van der Waals surface area contributed by atoms with Gasteiger partial charge in [0.05, 0.1) is 5.01 Å². The van der Waals surface area contributed by atoms with E-state index < -0.39 is 0 Å². The van der Waals surface area contributed by atoms with Crippen molar-refractivity contribution in [3.8, 4) is 0 Å². The number of amides is 1. The third-order valence-corrected chi connectivity index (χ3v) is 4.30. The second-order valence-corrected chi connectivity index (χ2v) is 7.12. The van der Waals surface area contributed by atoms with E-state index in [2.05, 4.69) is 36.3 Å². The molecule has 2 rings (SSSR count). The van der Waals surface area contributed by atoms with E-state index in [0.717, 1.165) is 17.8 Å². The van der Waals surface area contributed by atoms with E-state index in [1.807, 2.05) is 18.2 Å². The molecule has 0 aliphatic rings. The van der Waals surface area contributed by atoms with E-state index in [1.165, 1.54) is 16.9 Å². The van der Waals surface area contributed by atoms with Crippen molar-refractivity contribution in [2.45, 2.75) is 26.7 Å². The molecule has 0 unspecified atom stereocenters. The lowest BCUT2D eigenvalue weighted by molar-refractivity contribution is 0.0932. The lowest BCUT2D eigenvalue weighted by atomic mass is 9.85. The van der Waals surface area contributed by atoms with Gasteiger partial charge in [-0.15, -0.1) is 23.7 Å². The fraction of sp³-hybridized carbons (Fsp3) is 0.412. The minimum Gasteiger partial charge on any atom is -0.350 e. The standard InChI is InChI=1S/C17H23N3OS.ClH/c1-17(2,10-13-6-4-3-5-7-13)12-19-16(21)14-11-22-15(20-14)8-9-18;/h3-7,11H,8-10,12,18H2,1-2H3,(H,19,21);1H. The van der Waals surface area contributed by atoms with E-state index in [0.29, 0.717) is 18.8 Å². The number of carbonyl (C=O) groups excluding carboxylic acids is 1. The summed E-state index contributed by atoms with van der Waals surface area (Å²) in [6, 6.07) is 10.3. The van der Waals surface area contributed by atoms with Crippen molar-refractivity contribution in [2.75, 3.05) is 13.1 Å². The van der Waals surface area contributed by atoms with Crippen molar-refractivity contribution < 1.29 is 4.79 Å². The highest BCUT2D eigenvalue weighted by Crippen LogP contribution is 2.21. The van der Waals surface area contributed by atoms with Gasteiger partial charge in [0.1, 0.15) is 5.69 Å². The van der Waals surface area contributed by atoms with Crippen molar-refractivity contribution >= 4 is 29.7 Å². The van der Waals surface area contributed by atoms with Crippen LogP contribution in [0.5, 0.6) is 0 Å². The van der Waals surface area contributed by atoms with Crippen molar-refractivity contribution in [1.82, 2.24) is 10.3 Å². The van der Waals surface area contributed by atoms with Crippen molar-refractivity contribution in [2.24, 2.45) is 11.1 Å². The Morgan fingerprint density at radius 3 is 2.65 bits per heavy atom. The number of rotatable bonds is 7. The molecule has 0 fully saturated rings. The Labute approximate surface area is 147 Å². The van der Waals surface area contributed by atoms with Crippen LogP contribution in [-0.2, 0) is 12.8 Å². The maximum atomic E-state index is 12.2. The number of hydrogen-bond donors (Lipinski definition) is 2. The number of benzene rings is 1. The zero-order chi connectivity index (χ0) is 16.0. The van der Waals surface area contributed by atoms with E-state index in [-0.39, 0.29) is 23.7 Å². The summed E-state index contributed by atoms with van der Waals surface area (Å²) in [7, 11) is 0. The molecule has 0 aliphatic carbocycles. The zero-order valence-electron chi connectivity index (χ0n) is 13.5. The van der Waals surface area contributed by atoms with Gasteiger partial charge in [0.15, 0.2) is 0 Å². The van der Waals surface area contributed by atoms with Gasteiger partial charge in [0, 0.05) is 18.3 Å². The second-order valence-electron chi connectivity index (χ2n) is 6.17. The summed E-state index contributed by atoms with van der Waals surface area (Å²) in [4.78, 5) is 16.5. The highest BCUT2D eigenvalue weighted by Gasteiger charge is 2.20. The number of aromatic nitrogens is 1. The van der Waals surface area contributed by atoms with Crippen LogP contribution in [0, 0.1) is 5.41 Å². The van der Waals surface area contributed by atoms with Crippen LogP contribution in [0.2, 0.25) is 0 Å². The lowest BCUT2D eigenvalue weighted by Crippen LogP contribution is -2.35. The average Bonchev–Trinajstić information content (AvgIpc) is 2.95. The molecular weight excluding hydrogens is 330 g/mol. The molecule has 0 aliphatic heterocycles. The molecule has 0 radical (unpaired) electrons. The molecule has 0 bridgehead atoms. The maximum absolute atomic E-state index is 12.2. The normalized spacial score (nSPS) is 10.9. The van der Waals surface area contributed by atoms with Gasteiger partial charge in [0.25, 0.3) is 5.91 Å². The van der Waals surface area contributed by atoms with Crippen LogP contribution < -0.4 is 11.1 Å². The summed E-state index contributed by atoms with van der Waals surface area (Å²) in [5.41, 5.74) is 7.26. The summed E-state index contributed by atoms with van der Waals surface area (Å²) >= 11 is 1.49. The van der Waals surface area contributed by atoms with Crippen LogP contribution in [-0.4, -0.2) is 24.0 Å². The van der Waals surface area contributed by atoms with Crippen LogP contribution in [0.4, 0.5) is 0 Å². The topological polar surface area (TPSA) is 68.0 Å². The predicted octanol–water partition coefficient (Wildman–Crippen LogP) is 3.06. The van der Waals surface area contributed by atoms with Crippen LogP contribution in [0.15, 0.2) is 35.7 Å². The Hall–Kier alpha value is -1.43. The highest BCUT2D eigenvalue weighted by molar-refractivity contribution is 7.09. The van der Waals surface area contributed by atoms with Gasteiger partial charge in [-0.25, -0.2) is 4.98 Å². The first-order chi connectivity index (χ1) is 10.5. The summed E-state index contributed by atoms with van der Waals surface area (Å²) < 4.78 is 0. The second kappa shape index (κ2) is 9.01. The molecule has 23 heavy (non-hydrogen) atoms. The Morgan fingerprint density at radius 1 is 1.30 bits per heavy atom. The molecule has 4 nitrogen and oxygen atoms in total. The number of carbonyl (C=O) groups is 1.